The number of hydrogen-bond acceptors (Lipinski definition) is 2. The topological polar surface area (TPSA) is 30.2 Å². The van der Waals surface area contributed by atoms with Crippen LogP contribution in [0.3, 0.4) is 0 Å². The minimum absolute atomic E-state index is 0.0311. The summed E-state index contributed by atoms with van der Waals surface area (Å²) in [5, 5.41) is 0.587. The van der Waals surface area contributed by atoms with Gasteiger partial charge in [-0.05, 0) is 28.1 Å². The van der Waals surface area contributed by atoms with Crippen molar-refractivity contribution in [2.75, 3.05) is 0 Å². The van der Waals surface area contributed by atoms with Gasteiger partial charge in [0.1, 0.15) is 5.76 Å². The van der Waals surface area contributed by atoms with Gasteiger partial charge in [-0.15, -0.1) is 0 Å². The van der Waals surface area contributed by atoms with E-state index < -0.39 is 0 Å². The first kappa shape index (κ1) is 11.2. The zero-order valence-electron chi connectivity index (χ0n) is 9.39. The lowest BCUT2D eigenvalue weighted by molar-refractivity contribution is 0.617. The van der Waals surface area contributed by atoms with E-state index in [1.54, 1.807) is 6.07 Å². The zero-order valence-corrected chi connectivity index (χ0v) is 11.0. The molecule has 0 aliphatic heterocycles. The summed E-state index contributed by atoms with van der Waals surface area (Å²) in [5.41, 5.74) is 1.45. The van der Waals surface area contributed by atoms with Gasteiger partial charge in [-0.2, -0.15) is 0 Å². The highest BCUT2D eigenvalue weighted by atomic mass is 79.9. The van der Waals surface area contributed by atoms with Gasteiger partial charge in [0.05, 0.1) is 9.86 Å². The van der Waals surface area contributed by atoms with Gasteiger partial charge in [0.2, 0.25) is 0 Å². The van der Waals surface area contributed by atoms with Crippen molar-refractivity contribution in [1.29, 1.82) is 0 Å². The van der Waals surface area contributed by atoms with Crippen molar-refractivity contribution in [2.24, 2.45) is 0 Å². The highest BCUT2D eigenvalue weighted by Crippen LogP contribution is 2.26. The minimum atomic E-state index is -0.0311. The second kappa shape index (κ2) is 4.42. The summed E-state index contributed by atoms with van der Waals surface area (Å²) in [6.07, 6.45) is 0. The Bertz CT molecular complexity index is 760. The van der Waals surface area contributed by atoms with Crippen LogP contribution in [-0.2, 0) is 0 Å². The second-order valence-electron chi connectivity index (χ2n) is 3.96. The highest BCUT2D eigenvalue weighted by molar-refractivity contribution is 9.10. The van der Waals surface area contributed by atoms with E-state index >= 15 is 0 Å². The fraction of sp³-hybridized carbons (Fsp3) is 0. The van der Waals surface area contributed by atoms with Crippen LogP contribution >= 0.6 is 15.9 Å². The summed E-state index contributed by atoms with van der Waals surface area (Å²) in [6, 6.07) is 16.6. The van der Waals surface area contributed by atoms with Gasteiger partial charge in [0.15, 0.2) is 11.0 Å². The van der Waals surface area contributed by atoms with Crippen molar-refractivity contribution in [1.82, 2.24) is 0 Å². The molecule has 0 saturated heterocycles. The molecule has 1 heterocycles. The largest absolute Gasteiger partial charge is 0.455 e. The SMILES string of the molecule is O=c1cc(-c2ccccc2)oc2c(Br)cccc12. The van der Waals surface area contributed by atoms with Gasteiger partial charge in [-0.3, -0.25) is 4.79 Å². The molecule has 0 radical (unpaired) electrons. The molecule has 2 nitrogen and oxygen atoms in total. The molecule has 0 N–H and O–H groups in total. The number of halogens is 1. The average Bonchev–Trinajstić information content (AvgIpc) is 2.41. The molecule has 0 saturated carbocycles. The Balaban J connectivity index is 2.34. The lowest BCUT2D eigenvalue weighted by Crippen LogP contribution is -2.00. The Morgan fingerprint density at radius 1 is 0.944 bits per heavy atom. The maximum absolute atomic E-state index is 12.0. The minimum Gasteiger partial charge on any atom is -0.455 e. The molecule has 18 heavy (non-hydrogen) atoms. The molecular formula is C15H9BrO2. The standard InChI is InChI=1S/C15H9BrO2/c16-12-8-4-7-11-13(17)9-14(18-15(11)12)10-5-2-1-3-6-10/h1-9H. The summed E-state index contributed by atoms with van der Waals surface area (Å²) in [7, 11) is 0. The summed E-state index contributed by atoms with van der Waals surface area (Å²) in [6.45, 7) is 0. The molecule has 3 aromatic rings. The van der Waals surface area contributed by atoms with Crippen LogP contribution in [0.25, 0.3) is 22.3 Å². The van der Waals surface area contributed by atoms with Crippen molar-refractivity contribution in [3.63, 3.8) is 0 Å². The molecule has 0 aliphatic carbocycles. The summed E-state index contributed by atoms with van der Waals surface area (Å²) < 4.78 is 6.60. The van der Waals surface area contributed by atoms with E-state index in [2.05, 4.69) is 15.9 Å². The van der Waals surface area contributed by atoms with Crippen molar-refractivity contribution in [3.8, 4) is 11.3 Å². The Kier molecular flexibility index (Phi) is 2.76. The summed E-state index contributed by atoms with van der Waals surface area (Å²) in [5.74, 6) is 0.583. The molecule has 0 fully saturated rings. The Morgan fingerprint density at radius 3 is 2.50 bits per heavy atom. The van der Waals surface area contributed by atoms with Crippen molar-refractivity contribution >= 4 is 26.9 Å². The Labute approximate surface area is 112 Å². The fourth-order valence-electron chi connectivity index (χ4n) is 1.89. The third-order valence-electron chi connectivity index (χ3n) is 2.76. The fourth-order valence-corrected chi connectivity index (χ4v) is 2.33. The van der Waals surface area contributed by atoms with Crippen LogP contribution in [0.2, 0.25) is 0 Å². The van der Waals surface area contributed by atoms with Crippen LogP contribution in [0.5, 0.6) is 0 Å². The molecule has 0 bridgehead atoms. The van der Waals surface area contributed by atoms with Crippen LogP contribution in [0.15, 0.2) is 68.3 Å². The smallest absolute Gasteiger partial charge is 0.193 e. The third-order valence-corrected chi connectivity index (χ3v) is 3.39. The third kappa shape index (κ3) is 1.87. The van der Waals surface area contributed by atoms with Gasteiger partial charge in [-0.1, -0.05) is 36.4 Å². The van der Waals surface area contributed by atoms with Gasteiger partial charge >= 0.3 is 0 Å². The number of para-hydroxylation sites is 1. The quantitative estimate of drug-likeness (QED) is 0.673. The van der Waals surface area contributed by atoms with Crippen molar-refractivity contribution in [3.05, 3.63) is 69.3 Å². The first-order valence-electron chi connectivity index (χ1n) is 5.53. The first-order valence-corrected chi connectivity index (χ1v) is 6.33. The summed E-state index contributed by atoms with van der Waals surface area (Å²) >= 11 is 3.41. The Morgan fingerprint density at radius 2 is 1.72 bits per heavy atom. The lowest BCUT2D eigenvalue weighted by atomic mass is 10.1. The predicted molar refractivity (Wildman–Crippen MR) is 75.6 cm³/mol. The van der Waals surface area contributed by atoms with Gasteiger partial charge in [0, 0.05) is 11.6 Å². The average molecular weight is 301 g/mol. The van der Waals surface area contributed by atoms with Crippen LogP contribution < -0.4 is 5.43 Å². The molecule has 0 atom stereocenters. The molecule has 0 aliphatic rings. The van der Waals surface area contributed by atoms with Gasteiger partial charge in [-0.25, -0.2) is 0 Å². The zero-order chi connectivity index (χ0) is 12.5. The number of rotatable bonds is 1. The van der Waals surface area contributed by atoms with E-state index in [0.717, 1.165) is 10.0 Å². The van der Waals surface area contributed by atoms with Crippen LogP contribution in [0.1, 0.15) is 0 Å². The number of fused-ring (bicyclic) bond motifs is 1. The molecule has 0 unspecified atom stereocenters. The van der Waals surface area contributed by atoms with Gasteiger partial charge in [0.25, 0.3) is 0 Å². The molecule has 88 valence electrons. The first-order chi connectivity index (χ1) is 8.75. The lowest BCUT2D eigenvalue weighted by Gasteiger charge is -2.04. The molecule has 0 spiro atoms. The number of benzene rings is 2. The van der Waals surface area contributed by atoms with E-state index in [4.69, 9.17) is 4.42 Å². The van der Waals surface area contributed by atoms with Crippen molar-refractivity contribution < 1.29 is 4.42 Å². The number of hydrogen-bond donors (Lipinski definition) is 0. The van der Waals surface area contributed by atoms with E-state index in [0.29, 0.717) is 16.7 Å². The summed E-state index contributed by atoms with van der Waals surface area (Å²) in [4.78, 5) is 12.0. The van der Waals surface area contributed by atoms with E-state index in [9.17, 15) is 4.79 Å². The van der Waals surface area contributed by atoms with E-state index in [1.807, 2.05) is 42.5 Å². The highest BCUT2D eigenvalue weighted by Gasteiger charge is 2.08. The molecule has 2 aromatic carbocycles. The van der Waals surface area contributed by atoms with Crippen LogP contribution in [-0.4, -0.2) is 0 Å². The molecule has 3 rings (SSSR count). The normalized spacial score (nSPS) is 10.7. The maximum Gasteiger partial charge on any atom is 0.193 e. The molecule has 0 amide bonds. The second-order valence-corrected chi connectivity index (χ2v) is 4.81. The van der Waals surface area contributed by atoms with Crippen LogP contribution in [0.4, 0.5) is 0 Å². The Hall–Kier alpha value is -1.87. The predicted octanol–water partition coefficient (Wildman–Crippen LogP) is 4.22. The van der Waals surface area contributed by atoms with E-state index in [1.165, 1.54) is 6.07 Å². The van der Waals surface area contributed by atoms with Crippen LogP contribution in [0, 0.1) is 0 Å². The maximum atomic E-state index is 12.0. The molecule has 1 aromatic heterocycles. The molecular weight excluding hydrogens is 292 g/mol. The van der Waals surface area contributed by atoms with Gasteiger partial charge < -0.3 is 4.42 Å². The monoisotopic (exact) mass is 300 g/mol. The molecule has 3 heteroatoms. The van der Waals surface area contributed by atoms with Crippen molar-refractivity contribution in [2.45, 2.75) is 0 Å². The van der Waals surface area contributed by atoms with E-state index in [-0.39, 0.29) is 5.43 Å².